The fourth-order valence-corrected chi connectivity index (χ4v) is 3.70. The van der Waals surface area contributed by atoms with Crippen molar-refractivity contribution in [2.45, 2.75) is 65.4 Å². The van der Waals surface area contributed by atoms with Gasteiger partial charge in [-0.2, -0.15) is 0 Å². The first kappa shape index (κ1) is 29.1. The molecule has 0 aliphatic heterocycles. The lowest BCUT2D eigenvalue weighted by Gasteiger charge is -2.24. The Morgan fingerprint density at radius 1 is 0.889 bits per heavy atom. The van der Waals surface area contributed by atoms with Crippen molar-refractivity contribution in [1.82, 2.24) is 16.0 Å². The SMILES string of the molecule is CCCCc1ccc(C(=O)N[C@@H](CNC(=O)c2ccc(C)cc2)C(=O)N[C@@H](CC(C)C)B(O)O)cc1. The molecule has 0 aromatic heterocycles. The predicted molar refractivity (Wildman–Crippen MR) is 141 cm³/mol. The molecule has 0 unspecified atom stereocenters. The third-order valence-corrected chi connectivity index (χ3v) is 5.85. The lowest BCUT2D eigenvalue weighted by Crippen LogP contribution is -2.57. The Bertz CT molecular complexity index is 993. The van der Waals surface area contributed by atoms with Crippen LogP contribution in [-0.2, 0) is 11.2 Å². The average molecular weight is 495 g/mol. The monoisotopic (exact) mass is 495 g/mol. The second-order valence-electron chi connectivity index (χ2n) is 9.56. The molecule has 9 heteroatoms. The van der Waals surface area contributed by atoms with Gasteiger partial charge in [0.2, 0.25) is 5.91 Å². The van der Waals surface area contributed by atoms with Gasteiger partial charge in [-0.1, -0.05) is 57.0 Å². The first-order chi connectivity index (χ1) is 17.1. The molecular formula is C27H38BN3O5. The van der Waals surface area contributed by atoms with Crippen molar-refractivity contribution in [3.63, 3.8) is 0 Å². The van der Waals surface area contributed by atoms with Crippen molar-refractivity contribution in [2.24, 2.45) is 5.92 Å². The van der Waals surface area contributed by atoms with Crippen LogP contribution in [-0.4, -0.2) is 53.4 Å². The maximum Gasteiger partial charge on any atom is 0.475 e. The van der Waals surface area contributed by atoms with E-state index in [-0.39, 0.29) is 18.4 Å². The van der Waals surface area contributed by atoms with E-state index in [2.05, 4.69) is 22.9 Å². The molecule has 194 valence electrons. The Morgan fingerprint density at radius 2 is 1.47 bits per heavy atom. The summed E-state index contributed by atoms with van der Waals surface area (Å²) in [5, 5.41) is 27.4. The zero-order chi connectivity index (χ0) is 26.7. The van der Waals surface area contributed by atoms with Crippen LogP contribution in [0.15, 0.2) is 48.5 Å². The average Bonchev–Trinajstić information content (AvgIpc) is 2.84. The summed E-state index contributed by atoms with van der Waals surface area (Å²) < 4.78 is 0. The van der Waals surface area contributed by atoms with E-state index in [1.165, 1.54) is 0 Å². The van der Waals surface area contributed by atoms with Gasteiger partial charge < -0.3 is 26.0 Å². The van der Waals surface area contributed by atoms with E-state index in [4.69, 9.17) is 0 Å². The molecule has 0 aliphatic rings. The van der Waals surface area contributed by atoms with Gasteiger partial charge in [0.15, 0.2) is 0 Å². The highest BCUT2D eigenvalue weighted by atomic mass is 16.4. The van der Waals surface area contributed by atoms with Crippen LogP contribution in [0.25, 0.3) is 0 Å². The third kappa shape index (κ3) is 9.47. The van der Waals surface area contributed by atoms with Gasteiger partial charge in [0, 0.05) is 17.7 Å². The topological polar surface area (TPSA) is 128 Å². The minimum atomic E-state index is -1.76. The van der Waals surface area contributed by atoms with Crippen LogP contribution in [0.2, 0.25) is 0 Å². The summed E-state index contributed by atoms with van der Waals surface area (Å²) in [5.41, 5.74) is 2.95. The molecule has 0 aliphatic carbocycles. The fourth-order valence-electron chi connectivity index (χ4n) is 3.70. The van der Waals surface area contributed by atoms with E-state index in [0.717, 1.165) is 30.4 Å². The first-order valence-electron chi connectivity index (χ1n) is 12.5. The minimum Gasteiger partial charge on any atom is -0.426 e. The number of rotatable bonds is 13. The summed E-state index contributed by atoms with van der Waals surface area (Å²) >= 11 is 0. The maximum absolute atomic E-state index is 13.1. The molecular weight excluding hydrogens is 457 g/mol. The van der Waals surface area contributed by atoms with Crippen molar-refractivity contribution in [1.29, 1.82) is 0 Å². The Hall–Kier alpha value is -3.17. The number of carbonyl (C=O) groups excluding carboxylic acids is 3. The van der Waals surface area contributed by atoms with Crippen molar-refractivity contribution in [2.75, 3.05) is 6.54 Å². The third-order valence-electron chi connectivity index (χ3n) is 5.85. The number of hydrogen-bond acceptors (Lipinski definition) is 5. The van der Waals surface area contributed by atoms with E-state index in [9.17, 15) is 24.4 Å². The van der Waals surface area contributed by atoms with Crippen LogP contribution in [0.5, 0.6) is 0 Å². The van der Waals surface area contributed by atoms with Crippen molar-refractivity contribution in [3.8, 4) is 0 Å². The molecule has 36 heavy (non-hydrogen) atoms. The number of aryl methyl sites for hydroxylation is 2. The van der Waals surface area contributed by atoms with E-state index in [1.807, 2.05) is 45.0 Å². The van der Waals surface area contributed by atoms with Crippen LogP contribution < -0.4 is 16.0 Å². The summed E-state index contributed by atoms with van der Waals surface area (Å²) in [6.07, 6.45) is 3.39. The number of carbonyl (C=O) groups is 3. The summed E-state index contributed by atoms with van der Waals surface area (Å²) in [4.78, 5) is 38.6. The molecule has 0 fully saturated rings. The van der Waals surface area contributed by atoms with Crippen molar-refractivity contribution in [3.05, 3.63) is 70.8 Å². The normalized spacial score (nSPS) is 12.5. The lowest BCUT2D eigenvalue weighted by molar-refractivity contribution is -0.123. The molecule has 0 bridgehead atoms. The zero-order valence-corrected chi connectivity index (χ0v) is 21.6. The second kappa shape index (κ2) is 14.4. The Kier molecular flexibility index (Phi) is 11.6. The molecule has 5 N–H and O–H groups in total. The highest BCUT2D eigenvalue weighted by molar-refractivity contribution is 6.43. The largest absolute Gasteiger partial charge is 0.475 e. The Labute approximate surface area is 214 Å². The van der Waals surface area contributed by atoms with Crippen LogP contribution in [0.4, 0.5) is 0 Å². The number of nitrogens with one attached hydrogen (secondary N) is 3. The maximum atomic E-state index is 13.1. The standard InChI is InChI=1S/C27H38BN3O5/c1-5-6-7-20-10-14-22(15-11-20)26(33)30-23(27(34)31-24(28(35)36)16-18(2)3)17-29-25(32)21-12-8-19(4)9-13-21/h8-15,18,23-24,35-36H,5-7,16-17H2,1-4H3,(H,29,32)(H,30,33)(H,31,34)/t23-,24-/m0/s1. The molecule has 2 aromatic rings. The highest BCUT2D eigenvalue weighted by Gasteiger charge is 2.30. The van der Waals surface area contributed by atoms with Gasteiger partial charge >= 0.3 is 7.12 Å². The predicted octanol–water partition coefficient (Wildman–Crippen LogP) is 2.41. The number of unbranched alkanes of at least 4 members (excludes halogenated alkanes) is 1. The molecule has 2 aromatic carbocycles. The second-order valence-corrected chi connectivity index (χ2v) is 9.56. The smallest absolute Gasteiger partial charge is 0.426 e. The van der Waals surface area contributed by atoms with Crippen LogP contribution >= 0.6 is 0 Å². The van der Waals surface area contributed by atoms with Crippen molar-refractivity contribution < 1.29 is 24.4 Å². The van der Waals surface area contributed by atoms with Crippen molar-refractivity contribution >= 4 is 24.8 Å². The molecule has 2 atom stereocenters. The van der Waals surface area contributed by atoms with E-state index in [0.29, 0.717) is 17.5 Å². The molecule has 0 spiro atoms. The fraction of sp³-hybridized carbons (Fsp3) is 0.444. The van der Waals surface area contributed by atoms with Gasteiger partial charge in [-0.15, -0.1) is 0 Å². The summed E-state index contributed by atoms with van der Waals surface area (Å²) in [7, 11) is -1.76. The van der Waals surface area contributed by atoms with Gasteiger partial charge in [-0.3, -0.25) is 14.4 Å². The van der Waals surface area contributed by atoms with Crippen LogP contribution in [0, 0.1) is 12.8 Å². The highest BCUT2D eigenvalue weighted by Crippen LogP contribution is 2.10. The minimum absolute atomic E-state index is 0.0950. The summed E-state index contributed by atoms with van der Waals surface area (Å²) in [5.74, 6) is -2.29. The Balaban J connectivity index is 2.15. The molecule has 0 radical (unpaired) electrons. The molecule has 0 saturated heterocycles. The lowest BCUT2D eigenvalue weighted by atomic mass is 9.75. The summed E-state index contributed by atoms with van der Waals surface area (Å²) in [6, 6.07) is 13.0. The molecule has 3 amide bonds. The molecule has 8 nitrogen and oxygen atoms in total. The van der Waals surface area contributed by atoms with Gasteiger partial charge in [0.05, 0.1) is 5.94 Å². The van der Waals surface area contributed by atoms with E-state index >= 15 is 0 Å². The van der Waals surface area contributed by atoms with Crippen LogP contribution in [0.3, 0.4) is 0 Å². The number of amides is 3. The Morgan fingerprint density at radius 3 is 2.03 bits per heavy atom. The molecule has 0 heterocycles. The van der Waals surface area contributed by atoms with Gasteiger partial charge in [-0.25, -0.2) is 0 Å². The molecule has 0 saturated carbocycles. The summed E-state index contributed by atoms with van der Waals surface area (Å²) in [6.45, 7) is 7.65. The van der Waals surface area contributed by atoms with Gasteiger partial charge in [-0.05, 0) is 61.9 Å². The van der Waals surface area contributed by atoms with Gasteiger partial charge in [0.1, 0.15) is 6.04 Å². The molecule has 2 rings (SSSR count). The number of benzene rings is 2. The van der Waals surface area contributed by atoms with E-state index < -0.39 is 30.9 Å². The van der Waals surface area contributed by atoms with Gasteiger partial charge in [0.25, 0.3) is 11.8 Å². The van der Waals surface area contributed by atoms with Crippen LogP contribution in [0.1, 0.15) is 71.9 Å². The van der Waals surface area contributed by atoms with E-state index in [1.54, 1.807) is 24.3 Å². The number of hydrogen-bond donors (Lipinski definition) is 5. The quantitative estimate of drug-likeness (QED) is 0.273. The zero-order valence-electron chi connectivity index (χ0n) is 21.6. The first-order valence-corrected chi connectivity index (χ1v) is 12.5.